The van der Waals surface area contributed by atoms with Crippen LogP contribution in [0, 0.1) is 12.7 Å². The van der Waals surface area contributed by atoms with E-state index in [0.29, 0.717) is 35.8 Å². The van der Waals surface area contributed by atoms with E-state index < -0.39 is 23.6 Å². The van der Waals surface area contributed by atoms with Gasteiger partial charge in [-0.15, -0.1) is 0 Å². The predicted molar refractivity (Wildman–Crippen MR) is 119 cm³/mol. The largest absolute Gasteiger partial charge is 0.410 e. The number of carbonyl (C=O) groups excluding carboxylic acids is 3. The molecular weight excluding hydrogens is 471 g/mol. The molecule has 3 amide bonds. The van der Waals surface area contributed by atoms with Gasteiger partial charge >= 0.3 is 6.09 Å². The number of benzene rings is 1. The molecule has 0 radical (unpaired) electrons. The number of halogens is 2. The molecule has 2 N–H and O–H groups in total. The maximum Gasteiger partial charge on any atom is 0.410 e. The van der Waals surface area contributed by atoms with Gasteiger partial charge in [0.05, 0.1) is 25.0 Å². The molecule has 2 aliphatic heterocycles. The Balaban J connectivity index is 1.40. The number of aryl methyl sites for hydroxylation is 1. The minimum atomic E-state index is -2.36. The van der Waals surface area contributed by atoms with Crippen molar-refractivity contribution in [3.63, 3.8) is 0 Å². The molecule has 180 valence electrons. The Kier molecular flexibility index (Phi) is 6.69. The minimum absolute atomic E-state index is 0.0217. The van der Waals surface area contributed by atoms with Crippen LogP contribution in [0.4, 0.5) is 20.7 Å². The Labute approximate surface area is 199 Å². The van der Waals surface area contributed by atoms with E-state index in [2.05, 4.69) is 10.3 Å². The summed E-state index contributed by atoms with van der Waals surface area (Å²) in [6.45, 7) is 2.47. The molecule has 2 aliphatic rings. The fourth-order valence-electron chi connectivity index (χ4n) is 3.83. The third-order valence-electron chi connectivity index (χ3n) is 5.46. The number of alkyl carbamates (subject to hydrolysis) is 1. The van der Waals surface area contributed by atoms with E-state index in [0.717, 1.165) is 6.07 Å². The number of pyridine rings is 1. The van der Waals surface area contributed by atoms with Crippen molar-refractivity contribution >= 4 is 41.0 Å². The zero-order valence-electron chi connectivity index (χ0n) is 18.2. The third kappa shape index (κ3) is 4.96. The molecule has 34 heavy (non-hydrogen) atoms. The number of carbonyl (C=O) groups is 3. The van der Waals surface area contributed by atoms with Crippen LogP contribution in [0.1, 0.15) is 17.5 Å². The average Bonchev–Trinajstić information content (AvgIpc) is 3.06. The molecule has 10 nitrogen and oxygen atoms in total. The second-order valence-electron chi connectivity index (χ2n) is 7.94. The van der Waals surface area contributed by atoms with Gasteiger partial charge in [-0.3, -0.25) is 14.5 Å². The van der Waals surface area contributed by atoms with E-state index in [-0.39, 0.29) is 37.0 Å². The highest BCUT2D eigenvalue weighted by atomic mass is 35.5. The first kappa shape index (κ1) is 23.9. The van der Waals surface area contributed by atoms with Crippen molar-refractivity contribution in [1.29, 1.82) is 0 Å². The lowest BCUT2D eigenvalue weighted by atomic mass is 10.2. The summed E-state index contributed by atoms with van der Waals surface area (Å²) in [6.07, 6.45) is 0.213. The molecule has 3 heterocycles. The standard InChI is InChI=1S/C22H22ClFN4O6/c1-13-6-17(11-25-19(13)28-4-5-33-12-18(28)29)27-3-2-22(32,20(27)30)34-21(31)26-10-14-7-15(23)9-16(24)8-14/h6-9,11,32H,2-5,10,12H2,1H3,(H,26,31). The number of morpholine rings is 1. The summed E-state index contributed by atoms with van der Waals surface area (Å²) in [4.78, 5) is 44.3. The SMILES string of the molecule is Cc1cc(N2CCC(O)(OC(=O)NCc3cc(F)cc(Cl)c3)C2=O)cnc1N1CCOCC1=O. The van der Waals surface area contributed by atoms with Crippen LogP contribution < -0.4 is 15.1 Å². The fourth-order valence-corrected chi connectivity index (χ4v) is 4.07. The zero-order chi connectivity index (χ0) is 24.5. The predicted octanol–water partition coefficient (Wildman–Crippen LogP) is 1.90. The van der Waals surface area contributed by atoms with Gasteiger partial charge in [0.25, 0.3) is 17.6 Å². The van der Waals surface area contributed by atoms with E-state index in [1.165, 1.54) is 28.1 Å². The topological polar surface area (TPSA) is 121 Å². The summed E-state index contributed by atoms with van der Waals surface area (Å²) >= 11 is 5.79. The summed E-state index contributed by atoms with van der Waals surface area (Å²) in [7, 11) is 0. The Morgan fingerprint density at radius 3 is 2.79 bits per heavy atom. The normalized spacial score (nSPS) is 20.6. The van der Waals surface area contributed by atoms with Crippen molar-refractivity contribution < 1.29 is 33.4 Å². The monoisotopic (exact) mass is 492 g/mol. The Morgan fingerprint density at radius 2 is 2.09 bits per heavy atom. The quantitative estimate of drug-likeness (QED) is 0.611. The van der Waals surface area contributed by atoms with Crippen molar-refractivity contribution in [3.8, 4) is 0 Å². The van der Waals surface area contributed by atoms with Crippen molar-refractivity contribution in [1.82, 2.24) is 10.3 Å². The molecule has 2 saturated heterocycles. The number of rotatable bonds is 5. The van der Waals surface area contributed by atoms with Crippen LogP contribution in [0.25, 0.3) is 0 Å². The van der Waals surface area contributed by atoms with Gasteiger partial charge in [-0.2, -0.15) is 0 Å². The highest BCUT2D eigenvalue weighted by molar-refractivity contribution is 6.30. The molecule has 2 aromatic rings. The Hall–Kier alpha value is -3.28. The smallest absolute Gasteiger partial charge is 0.407 e. The molecule has 12 heteroatoms. The lowest BCUT2D eigenvalue weighted by molar-refractivity contribution is -0.175. The summed E-state index contributed by atoms with van der Waals surface area (Å²) in [5.74, 6) is -3.50. The van der Waals surface area contributed by atoms with Crippen LogP contribution in [0.15, 0.2) is 30.5 Å². The number of ether oxygens (including phenoxy) is 2. The van der Waals surface area contributed by atoms with Gasteiger partial charge in [-0.25, -0.2) is 14.2 Å². The number of amides is 3. The molecule has 4 rings (SSSR count). The van der Waals surface area contributed by atoms with Crippen LogP contribution in [-0.4, -0.2) is 60.1 Å². The van der Waals surface area contributed by atoms with Gasteiger partial charge in [0.15, 0.2) is 0 Å². The summed E-state index contributed by atoms with van der Waals surface area (Å²) in [5.41, 5.74) is 1.43. The van der Waals surface area contributed by atoms with Gasteiger partial charge in [0.2, 0.25) is 0 Å². The van der Waals surface area contributed by atoms with Crippen LogP contribution in [0.2, 0.25) is 5.02 Å². The van der Waals surface area contributed by atoms with Crippen molar-refractivity contribution in [2.24, 2.45) is 0 Å². The van der Waals surface area contributed by atoms with Crippen LogP contribution >= 0.6 is 11.6 Å². The van der Waals surface area contributed by atoms with Crippen LogP contribution in [0.5, 0.6) is 0 Å². The van der Waals surface area contributed by atoms with Crippen molar-refractivity contribution in [2.45, 2.75) is 25.7 Å². The minimum Gasteiger partial charge on any atom is -0.407 e. The number of nitrogens with one attached hydrogen (secondary N) is 1. The first-order valence-corrected chi connectivity index (χ1v) is 10.8. The van der Waals surface area contributed by atoms with E-state index in [4.69, 9.17) is 21.1 Å². The molecule has 1 aromatic carbocycles. The average molecular weight is 493 g/mol. The summed E-state index contributed by atoms with van der Waals surface area (Å²) in [5, 5.41) is 13.2. The number of hydrogen-bond acceptors (Lipinski definition) is 7. The highest BCUT2D eigenvalue weighted by Crippen LogP contribution is 2.31. The molecule has 2 fully saturated rings. The molecule has 1 unspecified atom stereocenters. The number of nitrogens with zero attached hydrogens (tertiary/aromatic N) is 3. The van der Waals surface area contributed by atoms with Gasteiger partial charge in [-0.05, 0) is 42.3 Å². The van der Waals surface area contributed by atoms with E-state index in [1.807, 2.05) is 0 Å². The molecule has 1 atom stereocenters. The number of aromatic nitrogens is 1. The fraction of sp³-hybridized carbons (Fsp3) is 0.364. The van der Waals surface area contributed by atoms with Gasteiger partial charge < -0.3 is 24.8 Å². The maximum atomic E-state index is 13.4. The zero-order valence-corrected chi connectivity index (χ0v) is 19.0. The van der Waals surface area contributed by atoms with Gasteiger partial charge in [-0.1, -0.05) is 11.6 Å². The van der Waals surface area contributed by atoms with Gasteiger partial charge in [0.1, 0.15) is 18.2 Å². The Morgan fingerprint density at radius 1 is 1.29 bits per heavy atom. The molecule has 0 saturated carbocycles. The van der Waals surface area contributed by atoms with E-state index in [9.17, 15) is 23.9 Å². The van der Waals surface area contributed by atoms with Gasteiger partial charge in [0, 0.05) is 24.5 Å². The Bertz CT molecular complexity index is 1130. The van der Waals surface area contributed by atoms with Crippen LogP contribution in [0.3, 0.4) is 0 Å². The maximum absolute atomic E-state index is 13.4. The van der Waals surface area contributed by atoms with Crippen molar-refractivity contribution in [3.05, 3.63) is 52.4 Å². The van der Waals surface area contributed by atoms with Crippen LogP contribution in [-0.2, 0) is 25.6 Å². The highest BCUT2D eigenvalue weighted by Gasteiger charge is 2.49. The first-order valence-electron chi connectivity index (χ1n) is 10.5. The number of hydrogen-bond donors (Lipinski definition) is 2. The molecule has 0 spiro atoms. The number of anilines is 2. The number of aliphatic hydroxyl groups is 1. The molecular formula is C22H22ClFN4O6. The summed E-state index contributed by atoms with van der Waals surface area (Å²) < 4.78 is 23.6. The third-order valence-corrected chi connectivity index (χ3v) is 5.68. The molecule has 1 aromatic heterocycles. The summed E-state index contributed by atoms with van der Waals surface area (Å²) in [6, 6.07) is 5.45. The second kappa shape index (κ2) is 9.53. The van der Waals surface area contributed by atoms with E-state index >= 15 is 0 Å². The lowest BCUT2D eigenvalue weighted by Crippen LogP contribution is -2.46. The van der Waals surface area contributed by atoms with Crippen molar-refractivity contribution in [2.75, 3.05) is 36.1 Å². The molecule has 0 bridgehead atoms. The second-order valence-corrected chi connectivity index (χ2v) is 8.38. The van der Waals surface area contributed by atoms with E-state index in [1.54, 1.807) is 13.0 Å². The molecule has 0 aliphatic carbocycles. The first-order chi connectivity index (χ1) is 16.2. The lowest BCUT2D eigenvalue weighted by Gasteiger charge is -2.28.